The first kappa shape index (κ1) is 28.2. The smallest absolute Gasteiger partial charge is 1.00 e. The summed E-state index contributed by atoms with van der Waals surface area (Å²) in [5.41, 5.74) is 2.85. The van der Waals surface area contributed by atoms with Crippen LogP contribution in [0.15, 0.2) is 35.5 Å². The Hall–Kier alpha value is 0.423. The molecular formula is C20H30Cl2Zr. The van der Waals surface area contributed by atoms with Gasteiger partial charge in [-0.2, -0.15) is 12.2 Å². The number of halogens is 2. The van der Waals surface area contributed by atoms with Crippen molar-refractivity contribution in [2.45, 2.75) is 78.1 Å². The molecule has 0 aromatic heterocycles. The van der Waals surface area contributed by atoms with Crippen LogP contribution < -0.4 is 24.8 Å². The third-order valence-corrected chi connectivity index (χ3v) is 3.63. The normalized spacial score (nSPS) is 13.8. The fourth-order valence-corrected chi connectivity index (χ4v) is 2.37. The Morgan fingerprint density at radius 3 is 1.39 bits per heavy atom. The maximum Gasteiger partial charge on any atom is 4.00 e. The summed E-state index contributed by atoms with van der Waals surface area (Å²) in [6.45, 7) is 4.48. The third-order valence-electron chi connectivity index (χ3n) is 3.63. The van der Waals surface area contributed by atoms with E-state index >= 15 is 0 Å². The molecule has 0 amide bonds. The first-order chi connectivity index (χ1) is 9.86. The molecular weight excluding hydrogens is 402 g/mol. The molecule has 0 atom stereocenters. The molecule has 2 aliphatic carbocycles. The van der Waals surface area contributed by atoms with Crippen LogP contribution >= 0.6 is 0 Å². The van der Waals surface area contributed by atoms with E-state index in [1.165, 1.54) is 62.5 Å². The Bertz CT molecular complexity index is 332. The van der Waals surface area contributed by atoms with Gasteiger partial charge in [0.05, 0.1) is 0 Å². The number of allylic oxidation sites excluding steroid dienone is 8. The summed E-state index contributed by atoms with van der Waals surface area (Å²) < 4.78 is 0. The molecule has 0 spiro atoms. The second-order valence-electron chi connectivity index (χ2n) is 5.53. The van der Waals surface area contributed by atoms with Crippen molar-refractivity contribution in [2.75, 3.05) is 0 Å². The average Bonchev–Trinajstić information content (AvgIpc) is 3.13. The van der Waals surface area contributed by atoms with Gasteiger partial charge in [0.2, 0.25) is 0 Å². The Balaban J connectivity index is -0.000000308. The Morgan fingerprint density at radius 1 is 0.739 bits per heavy atom. The SMILES string of the molecule is CCCCCC1=[C-]CC=C1.CCCCCC1=[C-]CC=C1.[Cl-].[Cl-].[Zr+4]. The molecule has 0 bridgehead atoms. The molecule has 0 aliphatic heterocycles. The summed E-state index contributed by atoms with van der Waals surface area (Å²) in [5, 5.41) is 0. The van der Waals surface area contributed by atoms with Crippen molar-refractivity contribution in [3.8, 4) is 0 Å². The predicted molar refractivity (Wildman–Crippen MR) is 89.3 cm³/mol. The first-order valence-corrected chi connectivity index (χ1v) is 8.39. The fourth-order valence-electron chi connectivity index (χ4n) is 2.37. The molecule has 2 rings (SSSR count). The molecule has 0 saturated heterocycles. The largest absolute Gasteiger partial charge is 4.00 e. The first-order valence-electron chi connectivity index (χ1n) is 8.39. The van der Waals surface area contributed by atoms with Crippen LogP contribution in [-0.4, -0.2) is 0 Å². The minimum atomic E-state index is 0. The zero-order valence-corrected chi connectivity index (χ0v) is 18.6. The van der Waals surface area contributed by atoms with Crippen molar-refractivity contribution < 1.29 is 51.0 Å². The summed E-state index contributed by atoms with van der Waals surface area (Å²) in [5.74, 6) is 0. The van der Waals surface area contributed by atoms with E-state index in [1.54, 1.807) is 0 Å². The van der Waals surface area contributed by atoms with Crippen LogP contribution in [0.5, 0.6) is 0 Å². The third kappa shape index (κ3) is 15.7. The molecule has 0 aromatic carbocycles. The van der Waals surface area contributed by atoms with Crippen molar-refractivity contribution in [1.82, 2.24) is 0 Å². The Labute approximate surface area is 175 Å². The van der Waals surface area contributed by atoms with E-state index < -0.39 is 0 Å². The van der Waals surface area contributed by atoms with Crippen molar-refractivity contribution in [3.63, 3.8) is 0 Å². The van der Waals surface area contributed by atoms with E-state index in [-0.39, 0.29) is 51.0 Å². The number of hydrogen-bond acceptors (Lipinski definition) is 0. The quantitative estimate of drug-likeness (QED) is 0.388. The Morgan fingerprint density at radius 2 is 1.13 bits per heavy atom. The fraction of sp³-hybridized carbons (Fsp3) is 0.600. The van der Waals surface area contributed by atoms with Gasteiger partial charge >= 0.3 is 26.2 Å². The second kappa shape index (κ2) is 20.5. The zero-order chi connectivity index (χ0) is 14.5. The van der Waals surface area contributed by atoms with Gasteiger partial charge in [-0.15, -0.1) is 12.8 Å². The predicted octanol–water partition coefficient (Wildman–Crippen LogP) is 0.518. The summed E-state index contributed by atoms with van der Waals surface area (Å²) in [6, 6.07) is 0. The summed E-state index contributed by atoms with van der Waals surface area (Å²) in [6.07, 6.45) is 28.0. The molecule has 128 valence electrons. The van der Waals surface area contributed by atoms with Crippen LogP contribution in [0, 0.1) is 12.2 Å². The van der Waals surface area contributed by atoms with Gasteiger partial charge in [0.1, 0.15) is 0 Å². The molecule has 0 fully saturated rings. The minimum Gasteiger partial charge on any atom is -1.00 e. The molecule has 3 heteroatoms. The van der Waals surface area contributed by atoms with Crippen LogP contribution in [0.1, 0.15) is 78.1 Å². The number of rotatable bonds is 8. The molecule has 0 aromatic rings. The Kier molecular flexibility index (Phi) is 25.1. The van der Waals surface area contributed by atoms with Gasteiger partial charge in [0, 0.05) is 0 Å². The average molecular weight is 433 g/mol. The van der Waals surface area contributed by atoms with Crippen LogP contribution in [0.25, 0.3) is 0 Å². The minimum absolute atomic E-state index is 0. The van der Waals surface area contributed by atoms with E-state index in [9.17, 15) is 0 Å². The van der Waals surface area contributed by atoms with E-state index in [4.69, 9.17) is 0 Å². The molecule has 0 saturated carbocycles. The molecule has 0 nitrogen and oxygen atoms in total. The summed E-state index contributed by atoms with van der Waals surface area (Å²) >= 11 is 0. The van der Waals surface area contributed by atoms with Gasteiger partial charge in [0.25, 0.3) is 0 Å². The summed E-state index contributed by atoms with van der Waals surface area (Å²) in [4.78, 5) is 0. The summed E-state index contributed by atoms with van der Waals surface area (Å²) in [7, 11) is 0. The van der Waals surface area contributed by atoms with Crippen LogP contribution in [0.3, 0.4) is 0 Å². The standard InChI is InChI=1S/2C10H15.2ClH.Zr/c2*1-2-3-4-7-10-8-5-6-9-10;;;/h2*5,8H,2-4,6-7H2,1H3;2*1H;/q2*-1;;;+4/p-2. The monoisotopic (exact) mass is 430 g/mol. The van der Waals surface area contributed by atoms with Gasteiger partial charge in [-0.25, -0.2) is 23.3 Å². The van der Waals surface area contributed by atoms with Gasteiger partial charge < -0.3 is 24.8 Å². The maximum absolute atomic E-state index is 3.32. The van der Waals surface area contributed by atoms with Crippen LogP contribution in [-0.2, 0) is 26.2 Å². The van der Waals surface area contributed by atoms with Crippen molar-refractivity contribution in [3.05, 3.63) is 47.6 Å². The van der Waals surface area contributed by atoms with Crippen molar-refractivity contribution >= 4 is 0 Å². The molecule has 0 N–H and O–H groups in total. The van der Waals surface area contributed by atoms with E-state index in [2.05, 4.69) is 50.3 Å². The maximum atomic E-state index is 3.32. The van der Waals surface area contributed by atoms with Gasteiger partial charge in [-0.05, 0) is 0 Å². The molecule has 0 unspecified atom stereocenters. The van der Waals surface area contributed by atoms with E-state index in [0.717, 1.165) is 12.8 Å². The number of hydrogen-bond donors (Lipinski definition) is 0. The van der Waals surface area contributed by atoms with Gasteiger partial charge in [-0.1, -0.05) is 65.2 Å². The van der Waals surface area contributed by atoms with E-state index in [0.29, 0.717) is 0 Å². The molecule has 0 radical (unpaired) electrons. The van der Waals surface area contributed by atoms with Crippen molar-refractivity contribution in [1.29, 1.82) is 0 Å². The van der Waals surface area contributed by atoms with Gasteiger partial charge in [-0.3, -0.25) is 12.2 Å². The van der Waals surface area contributed by atoms with Crippen molar-refractivity contribution in [2.24, 2.45) is 0 Å². The molecule has 0 heterocycles. The van der Waals surface area contributed by atoms with Gasteiger partial charge in [0.15, 0.2) is 0 Å². The number of unbranched alkanes of at least 4 members (excludes halogenated alkanes) is 4. The topological polar surface area (TPSA) is 0 Å². The zero-order valence-electron chi connectivity index (χ0n) is 14.6. The second-order valence-corrected chi connectivity index (χ2v) is 5.53. The van der Waals surface area contributed by atoms with E-state index in [1.807, 2.05) is 0 Å². The molecule has 23 heavy (non-hydrogen) atoms. The van der Waals surface area contributed by atoms with Crippen LogP contribution in [0.4, 0.5) is 0 Å². The van der Waals surface area contributed by atoms with Crippen LogP contribution in [0.2, 0.25) is 0 Å². The molecule has 2 aliphatic rings.